The van der Waals surface area contributed by atoms with Crippen LogP contribution in [-0.2, 0) is 4.79 Å². The van der Waals surface area contributed by atoms with E-state index in [0.29, 0.717) is 18.0 Å². The number of hydrogen-bond donors (Lipinski definition) is 2. The van der Waals surface area contributed by atoms with E-state index < -0.39 is 0 Å². The van der Waals surface area contributed by atoms with Gasteiger partial charge in [0.2, 0.25) is 5.91 Å². The topological polar surface area (TPSA) is 41.1 Å². The van der Waals surface area contributed by atoms with Gasteiger partial charge in [-0.05, 0) is 44.1 Å². The Morgan fingerprint density at radius 2 is 1.84 bits per heavy atom. The van der Waals surface area contributed by atoms with Crippen LogP contribution in [0.2, 0.25) is 0 Å². The minimum atomic E-state index is -0.119. The average molecular weight is 258 g/mol. The van der Waals surface area contributed by atoms with E-state index in [0.717, 1.165) is 12.8 Å². The molecule has 2 unspecified atom stereocenters. The van der Waals surface area contributed by atoms with Crippen LogP contribution in [0.3, 0.4) is 0 Å². The van der Waals surface area contributed by atoms with E-state index in [1.165, 1.54) is 18.4 Å². The van der Waals surface area contributed by atoms with Crippen LogP contribution in [0.25, 0.3) is 0 Å². The van der Waals surface area contributed by atoms with E-state index >= 15 is 0 Å². The van der Waals surface area contributed by atoms with Crippen molar-refractivity contribution in [3.8, 4) is 0 Å². The lowest BCUT2D eigenvalue weighted by atomic mass is 10.0. The second-order valence-corrected chi connectivity index (χ2v) is 5.90. The summed E-state index contributed by atoms with van der Waals surface area (Å²) in [5, 5.41) is 6.58. The summed E-state index contributed by atoms with van der Waals surface area (Å²) >= 11 is 0. The number of hydrogen-bond acceptors (Lipinski definition) is 2. The highest BCUT2D eigenvalue weighted by atomic mass is 16.2. The van der Waals surface area contributed by atoms with Crippen molar-refractivity contribution >= 4 is 5.91 Å². The zero-order valence-electron chi connectivity index (χ0n) is 11.4. The molecule has 2 N–H and O–H groups in total. The zero-order valence-corrected chi connectivity index (χ0v) is 11.4. The van der Waals surface area contributed by atoms with Crippen LogP contribution in [0, 0.1) is 5.92 Å². The van der Waals surface area contributed by atoms with Crippen LogP contribution in [-0.4, -0.2) is 18.0 Å². The van der Waals surface area contributed by atoms with Crippen LogP contribution in [0.4, 0.5) is 0 Å². The maximum atomic E-state index is 12.0. The number of nitrogens with one attached hydrogen (secondary N) is 2. The lowest BCUT2D eigenvalue weighted by molar-refractivity contribution is -0.123. The number of benzene rings is 1. The molecule has 19 heavy (non-hydrogen) atoms. The van der Waals surface area contributed by atoms with Crippen LogP contribution >= 0.6 is 0 Å². The molecule has 102 valence electrons. The van der Waals surface area contributed by atoms with Crippen molar-refractivity contribution < 1.29 is 4.79 Å². The SMILES string of the molecule is CC(NC(c1ccccc1)C1CC1)C(=O)NC1CC1. The number of rotatable bonds is 6. The molecule has 1 amide bonds. The lowest BCUT2D eigenvalue weighted by Gasteiger charge is -2.23. The molecule has 0 aliphatic heterocycles. The molecule has 2 fully saturated rings. The Balaban J connectivity index is 1.62. The largest absolute Gasteiger partial charge is 0.352 e. The standard InChI is InChI=1S/C16H22N2O/c1-11(16(19)18-14-9-10-14)17-15(13-7-8-13)12-5-3-2-4-6-12/h2-6,11,13-15,17H,7-10H2,1H3,(H,18,19). The monoisotopic (exact) mass is 258 g/mol. The Kier molecular flexibility index (Phi) is 3.56. The maximum Gasteiger partial charge on any atom is 0.237 e. The first-order chi connectivity index (χ1) is 9.24. The number of amides is 1. The molecule has 0 bridgehead atoms. The molecular formula is C16H22N2O. The molecule has 2 aliphatic carbocycles. The number of carbonyl (C=O) groups is 1. The van der Waals surface area contributed by atoms with Crippen molar-refractivity contribution in [3.63, 3.8) is 0 Å². The Hall–Kier alpha value is -1.35. The highest BCUT2D eigenvalue weighted by molar-refractivity contribution is 5.81. The van der Waals surface area contributed by atoms with Gasteiger partial charge in [0.05, 0.1) is 6.04 Å². The Morgan fingerprint density at radius 3 is 2.42 bits per heavy atom. The average Bonchev–Trinajstić information content (AvgIpc) is 3.29. The zero-order chi connectivity index (χ0) is 13.2. The van der Waals surface area contributed by atoms with Gasteiger partial charge in [0.1, 0.15) is 0 Å². The minimum absolute atomic E-state index is 0.119. The summed E-state index contributed by atoms with van der Waals surface area (Å²) in [6.07, 6.45) is 4.82. The fraction of sp³-hybridized carbons (Fsp3) is 0.562. The van der Waals surface area contributed by atoms with Gasteiger partial charge in [-0.2, -0.15) is 0 Å². The third-order valence-corrected chi connectivity index (χ3v) is 4.00. The Morgan fingerprint density at radius 1 is 1.16 bits per heavy atom. The molecule has 0 radical (unpaired) electrons. The fourth-order valence-electron chi connectivity index (χ4n) is 2.49. The molecule has 0 spiro atoms. The molecule has 0 heterocycles. The first-order valence-corrected chi connectivity index (χ1v) is 7.35. The maximum absolute atomic E-state index is 12.0. The fourth-order valence-corrected chi connectivity index (χ4v) is 2.49. The predicted molar refractivity (Wildman–Crippen MR) is 75.7 cm³/mol. The second kappa shape index (κ2) is 5.33. The van der Waals surface area contributed by atoms with E-state index in [2.05, 4.69) is 34.9 Å². The second-order valence-electron chi connectivity index (χ2n) is 5.90. The molecule has 1 aromatic carbocycles. The predicted octanol–water partition coefficient (Wildman–Crippen LogP) is 2.39. The van der Waals surface area contributed by atoms with Crippen molar-refractivity contribution in [1.29, 1.82) is 0 Å². The molecule has 3 rings (SSSR count). The Labute approximate surface area is 114 Å². The third-order valence-electron chi connectivity index (χ3n) is 4.00. The van der Waals surface area contributed by atoms with Gasteiger partial charge in [0.25, 0.3) is 0 Å². The highest BCUT2D eigenvalue weighted by Gasteiger charge is 2.34. The van der Waals surface area contributed by atoms with Crippen molar-refractivity contribution in [1.82, 2.24) is 10.6 Å². The molecule has 0 aromatic heterocycles. The smallest absolute Gasteiger partial charge is 0.237 e. The van der Waals surface area contributed by atoms with Gasteiger partial charge < -0.3 is 5.32 Å². The van der Waals surface area contributed by atoms with Crippen molar-refractivity contribution in [2.75, 3.05) is 0 Å². The van der Waals surface area contributed by atoms with Gasteiger partial charge in [0.15, 0.2) is 0 Å². The van der Waals surface area contributed by atoms with Crippen molar-refractivity contribution in [2.24, 2.45) is 5.92 Å². The molecule has 0 saturated heterocycles. The van der Waals surface area contributed by atoms with E-state index in [9.17, 15) is 4.79 Å². The van der Waals surface area contributed by atoms with E-state index in [-0.39, 0.29) is 11.9 Å². The third kappa shape index (κ3) is 3.35. The first-order valence-electron chi connectivity index (χ1n) is 7.35. The van der Waals surface area contributed by atoms with Crippen LogP contribution in [0.5, 0.6) is 0 Å². The Bertz CT molecular complexity index is 437. The quantitative estimate of drug-likeness (QED) is 0.822. The van der Waals surface area contributed by atoms with Gasteiger partial charge >= 0.3 is 0 Å². The lowest BCUT2D eigenvalue weighted by Crippen LogP contribution is -2.44. The van der Waals surface area contributed by atoms with Gasteiger partial charge in [-0.15, -0.1) is 0 Å². The van der Waals surface area contributed by atoms with E-state index in [1.54, 1.807) is 0 Å². The van der Waals surface area contributed by atoms with Crippen molar-refractivity contribution in [3.05, 3.63) is 35.9 Å². The normalized spacial score (nSPS) is 21.7. The molecule has 2 aliphatic rings. The summed E-state index contributed by atoms with van der Waals surface area (Å²) in [6.45, 7) is 1.97. The van der Waals surface area contributed by atoms with Crippen molar-refractivity contribution in [2.45, 2.75) is 50.7 Å². The molecular weight excluding hydrogens is 236 g/mol. The summed E-state index contributed by atoms with van der Waals surface area (Å²) < 4.78 is 0. The van der Waals surface area contributed by atoms with Gasteiger partial charge in [-0.25, -0.2) is 0 Å². The van der Waals surface area contributed by atoms with Gasteiger partial charge in [0, 0.05) is 12.1 Å². The summed E-state index contributed by atoms with van der Waals surface area (Å²) in [6, 6.07) is 11.1. The molecule has 2 saturated carbocycles. The van der Waals surface area contributed by atoms with Gasteiger partial charge in [-0.1, -0.05) is 30.3 Å². The summed E-state index contributed by atoms with van der Waals surface area (Å²) in [5.74, 6) is 0.836. The molecule has 1 aromatic rings. The number of carbonyl (C=O) groups excluding carboxylic acids is 1. The minimum Gasteiger partial charge on any atom is -0.352 e. The van der Waals surface area contributed by atoms with E-state index in [1.807, 2.05) is 13.0 Å². The van der Waals surface area contributed by atoms with E-state index in [4.69, 9.17) is 0 Å². The molecule has 3 nitrogen and oxygen atoms in total. The van der Waals surface area contributed by atoms with Crippen LogP contribution < -0.4 is 10.6 Å². The molecule has 3 heteroatoms. The highest BCUT2D eigenvalue weighted by Crippen LogP contribution is 2.41. The van der Waals surface area contributed by atoms with Gasteiger partial charge in [-0.3, -0.25) is 10.1 Å². The van der Waals surface area contributed by atoms with Crippen LogP contribution in [0.15, 0.2) is 30.3 Å². The summed E-state index contributed by atoms with van der Waals surface area (Å²) in [7, 11) is 0. The van der Waals surface area contributed by atoms with Crippen LogP contribution in [0.1, 0.15) is 44.2 Å². The molecule has 2 atom stereocenters. The summed E-state index contributed by atoms with van der Waals surface area (Å²) in [5.41, 5.74) is 1.30. The first kappa shape index (κ1) is 12.7. The summed E-state index contributed by atoms with van der Waals surface area (Å²) in [4.78, 5) is 12.0.